The zero-order valence-electron chi connectivity index (χ0n) is 15.7. The summed E-state index contributed by atoms with van der Waals surface area (Å²) in [6, 6.07) is 16.7. The topological polar surface area (TPSA) is 106 Å². The first-order chi connectivity index (χ1) is 13.6. The molecule has 3 aromatic rings. The summed E-state index contributed by atoms with van der Waals surface area (Å²) in [5, 5.41) is 19.8. The number of unbranched alkanes of at least 4 members (excludes halogenated alkanes) is 1. The van der Waals surface area contributed by atoms with Gasteiger partial charge in [0.05, 0.1) is 23.1 Å². The summed E-state index contributed by atoms with van der Waals surface area (Å²) < 4.78 is 0. The van der Waals surface area contributed by atoms with Crippen molar-refractivity contribution in [3.05, 3.63) is 66.4 Å². The first-order valence-electron chi connectivity index (χ1n) is 9.08. The number of pyridine rings is 1. The Morgan fingerprint density at radius 3 is 2.38 bits per heavy atom. The Labute approximate surface area is 174 Å². The molecule has 0 atom stereocenters. The van der Waals surface area contributed by atoms with Crippen molar-refractivity contribution in [2.24, 2.45) is 0 Å². The van der Waals surface area contributed by atoms with Gasteiger partial charge in [-0.15, -0.1) is 12.4 Å². The van der Waals surface area contributed by atoms with Gasteiger partial charge in [-0.25, -0.2) is 0 Å². The number of nitrogens with zero attached hydrogens (tertiary/aromatic N) is 1. The number of anilines is 2. The smallest absolute Gasteiger partial charge is 0.255 e. The number of aromatic nitrogens is 1. The van der Waals surface area contributed by atoms with Crippen LogP contribution >= 0.6 is 12.4 Å². The summed E-state index contributed by atoms with van der Waals surface area (Å²) in [4.78, 5) is 27.4. The van der Waals surface area contributed by atoms with Gasteiger partial charge < -0.3 is 25.9 Å². The number of hydrogen-bond acceptors (Lipinski definition) is 5. The number of halogens is 1. The molecule has 0 saturated heterocycles. The lowest BCUT2D eigenvalue weighted by atomic mass is 10.1. The average molecular weight is 414 g/mol. The fraction of sp³-hybridized carbons (Fsp3) is 0.190. The monoisotopic (exact) mass is 413 g/mol. The van der Waals surface area contributed by atoms with Crippen LogP contribution in [0.5, 0.6) is 0 Å². The fourth-order valence-electron chi connectivity index (χ4n) is 2.86. The molecule has 3 N–H and O–H groups in total. The van der Waals surface area contributed by atoms with Gasteiger partial charge >= 0.3 is 0 Å². The van der Waals surface area contributed by atoms with Crippen LogP contribution in [0.4, 0.5) is 16.2 Å². The number of carboxylic acid groups (broad SMARTS) is 1. The number of fused-ring (bicyclic) bond motifs is 1. The van der Waals surface area contributed by atoms with E-state index < -0.39 is 6.09 Å². The minimum Gasteiger partial charge on any atom is -0.530 e. The van der Waals surface area contributed by atoms with Crippen LogP contribution in [-0.2, 0) is 0 Å². The number of carbonyl (C=O) groups excluding carboxylic acids is 2. The third-order valence-corrected chi connectivity index (χ3v) is 4.23. The van der Waals surface area contributed by atoms with Crippen molar-refractivity contribution in [3.8, 4) is 0 Å². The molecule has 1 aromatic heterocycles. The van der Waals surface area contributed by atoms with Crippen molar-refractivity contribution in [3.63, 3.8) is 0 Å². The second kappa shape index (κ2) is 10.9. The number of carbonyl (C=O) groups is 2. The van der Waals surface area contributed by atoms with Crippen molar-refractivity contribution in [1.82, 2.24) is 10.3 Å². The molecule has 2 aromatic carbocycles. The van der Waals surface area contributed by atoms with Gasteiger partial charge in [0.1, 0.15) is 6.09 Å². The number of hydrogen-bond donors (Lipinski definition) is 3. The molecule has 2 amide bonds. The van der Waals surface area contributed by atoms with Crippen LogP contribution in [0.2, 0.25) is 0 Å². The predicted octanol–water partition coefficient (Wildman–Crippen LogP) is 3.03. The number of nitrogens with one attached hydrogen (secondary N) is 3. The van der Waals surface area contributed by atoms with E-state index in [1.54, 1.807) is 18.3 Å². The summed E-state index contributed by atoms with van der Waals surface area (Å²) in [6.45, 7) is 0.968. The van der Waals surface area contributed by atoms with Crippen molar-refractivity contribution in [2.45, 2.75) is 12.8 Å². The van der Waals surface area contributed by atoms with E-state index in [1.165, 1.54) is 0 Å². The van der Waals surface area contributed by atoms with Crippen LogP contribution < -0.4 is 21.1 Å². The minimum atomic E-state index is -1.26. The Morgan fingerprint density at radius 2 is 1.62 bits per heavy atom. The largest absolute Gasteiger partial charge is 0.530 e. The van der Waals surface area contributed by atoms with Crippen molar-refractivity contribution in [1.29, 1.82) is 0 Å². The minimum absolute atomic E-state index is 0. The third kappa shape index (κ3) is 6.08. The number of para-hydroxylation sites is 1. The van der Waals surface area contributed by atoms with Gasteiger partial charge in [-0.2, -0.15) is 0 Å². The van der Waals surface area contributed by atoms with Gasteiger partial charge in [-0.1, -0.05) is 36.4 Å². The molecule has 7 nitrogen and oxygen atoms in total. The molecule has 0 bridgehead atoms. The standard InChI is InChI=1S/C21H22N4O3.ClH/c26-20(15-8-2-1-3-9-15)25-18-14-24-17-11-5-4-10-16(17)19(18)22-12-6-7-13-23-21(27)28;/h1-5,8-11,14,23H,6-7,12-13H2,(H,22,24)(H,25,26)(H,27,28);1H/p-1. The Morgan fingerprint density at radius 1 is 0.931 bits per heavy atom. The SMILES string of the molecule is Cl.O=C([O-])NCCCCNc1c(NC(=O)c2ccccc2)cnc2ccccc12. The molecule has 0 unspecified atom stereocenters. The number of rotatable bonds is 8. The maximum atomic E-state index is 12.5. The lowest BCUT2D eigenvalue weighted by Crippen LogP contribution is -2.37. The lowest BCUT2D eigenvalue weighted by Gasteiger charge is -2.16. The Kier molecular flexibility index (Phi) is 8.24. The summed E-state index contributed by atoms with van der Waals surface area (Å²) in [6.07, 6.45) is 1.81. The van der Waals surface area contributed by atoms with Crippen LogP contribution in [0.1, 0.15) is 23.2 Å². The summed E-state index contributed by atoms with van der Waals surface area (Å²) in [5.41, 5.74) is 2.78. The maximum Gasteiger partial charge on any atom is 0.255 e. The van der Waals surface area contributed by atoms with Gasteiger partial charge in [-0.05, 0) is 31.0 Å². The quantitative estimate of drug-likeness (QED) is 0.492. The normalized spacial score (nSPS) is 10.1. The van der Waals surface area contributed by atoms with E-state index in [-0.39, 0.29) is 18.3 Å². The molecule has 1 heterocycles. The van der Waals surface area contributed by atoms with Crippen LogP contribution in [0.3, 0.4) is 0 Å². The molecular weight excluding hydrogens is 392 g/mol. The molecule has 0 aliphatic carbocycles. The highest BCUT2D eigenvalue weighted by Gasteiger charge is 2.12. The second-order valence-corrected chi connectivity index (χ2v) is 6.23. The van der Waals surface area contributed by atoms with Crippen LogP contribution in [0.25, 0.3) is 10.9 Å². The van der Waals surface area contributed by atoms with Crippen LogP contribution in [0.15, 0.2) is 60.8 Å². The molecule has 0 aliphatic heterocycles. The Balaban J connectivity index is 0.00000300. The second-order valence-electron chi connectivity index (χ2n) is 6.23. The van der Waals surface area contributed by atoms with Gasteiger partial charge in [-0.3, -0.25) is 9.78 Å². The van der Waals surface area contributed by atoms with Gasteiger partial charge in [0, 0.05) is 24.0 Å². The van der Waals surface area contributed by atoms with Crippen molar-refractivity contribution >= 4 is 46.7 Å². The molecule has 0 radical (unpaired) electrons. The van der Waals surface area contributed by atoms with E-state index in [4.69, 9.17) is 0 Å². The third-order valence-electron chi connectivity index (χ3n) is 4.23. The van der Waals surface area contributed by atoms with Gasteiger partial charge in [0.2, 0.25) is 0 Å². The molecule has 0 spiro atoms. The van der Waals surface area contributed by atoms with Crippen molar-refractivity contribution in [2.75, 3.05) is 23.7 Å². The van der Waals surface area contributed by atoms with E-state index in [0.717, 1.165) is 23.0 Å². The molecule has 0 aliphatic rings. The van der Waals surface area contributed by atoms with Crippen LogP contribution in [0, 0.1) is 0 Å². The van der Waals surface area contributed by atoms with E-state index >= 15 is 0 Å². The van der Waals surface area contributed by atoms with E-state index in [2.05, 4.69) is 20.9 Å². The molecular formula is C21H22ClN4O3-. The maximum absolute atomic E-state index is 12.5. The Hall–Kier alpha value is -3.32. The molecule has 29 heavy (non-hydrogen) atoms. The van der Waals surface area contributed by atoms with E-state index in [0.29, 0.717) is 30.8 Å². The average Bonchev–Trinajstić information content (AvgIpc) is 2.72. The number of benzene rings is 2. The highest BCUT2D eigenvalue weighted by atomic mass is 35.5. The molecule has 0 fully saturated rings. The molecule has 3 rings (SSSR count). The zero-order valence-corrected chi connectivity index (χ0v) is 16.5. The molecule has 152 valence electrons. The highest BCUT2D eigenvalue weighted by molar-refractivity contribution is 6.09. The molecule has 0 saturated carbocycles. The van der Waals surface area contributed by atoms with Crippen LogP contribution in [-0.4, -0.2) is 30.1 Å². The first-order valence-corrected chi connectivity index (χ1v) is 9.08. The summed E-state index contributed by atoms with van der Waals surface area (Å²) in [7, 11) is 0. The predicted molar refractivity (Wildman–Crippen MR) is 115 cm³/mol. The lowest BCUT2D eigenvalue weighted by molar-refractivity contribution is -0.250. The Bertz CT molecular complexity index is 967. The van der Waals surface area contributed by atoms with Gasteiger partial charge in [0.25, 0.3) is 5.91 Å². The van der Waals surface area contributed by atoms with Gasteiger partial charge in [0.15, 0.2) is 0 Å². The fourth-order valence-corrected chi connectivity index (χ4v) is 2.86. The van der Waals surface area contributed by atoms with E-state index in [1.807, 2.05) is 42.5 Å². The highest BCUT2D eigenvalue weighted by Crippen LogP contribution is 2.30. The first kappa shape index (κ1) is 22.0. The van der Waals surface area contributed by atoms with E-state index in [9.17, 15) is 14.7 Å². The number of amides is 2. The summed E-state index contributed by atoms with van der Waals surface area (Å²) in [5.74, 6) is -0.209. The zero-order chi connectivity index (χ0) is 19.8. The van der Waals surface area contributed by atoms with Crippen molar-refractivity contribution < 1.29 is 14.7 Å². The molecule has 8 heteroatoms. The summed E-state index contributed by atoms with van der Waals surface area (Å²) >= 11 is 0.